The number of pyridine rings is 1. The van der Waals surface area contributed by atoms with Crippen LogP contribution in [0.5, 0.6) is 0 Å². The minimum Gasteiger partial charge on any atom is -0.370 e. The molecule has 3 N–H and O–H groups in total. The first-order chi connectivity index (χ1) is 9.51. The summed E-state index contributed by atoms with van der Waals surface area (Å²) in [4.78, 5) is 15.6. The lowest BCUT2D eigenvalue weighted by Gasteiger charge is -2.08. The molecule has 1 heterocycles. The van der Waals surface area contributed by atoms with Crippen LogP contribution in [0.1, 0.15) is 19.8 Å². The minimum atomic E-state index is -3.70. The highest BCUT2D eigenvalue weighted by Crippen LogP contribution is 2.18. The number of aromatic nitrogens is 1. The molecule has 0 unspecified atom stereocenters. The summed E-state index contributed by atoms with van der Waals surface area (Å²) < 4.78 is 26.4. The number of anilines is 1. The predicted octanol–water partition coefficient (Wildman–Crippen LogP) is 0.0703. The Bertz CT molecular complexity index is 584. The second kappa shape index (κ2) is 6.19. The van der Waals surface area contributed by atoms with Gasteiger partial charge in [0.05, 0.1) is 11.4 Å². The summed E-state index contributed by atoms with van der Waals surface area (Å²) in [7, 11) is -3.70. The quantitative estimate of drug-likeness (QED) is 0.661. The van der Waals surface area contributed by atoms with E-state index in [4.69, 9.17) is 0 Å². The smallest absolute Gasteiger partial charge is 0.241 e. The van der Waals surface area contributed by atoms with E-state index in [1.807, 2.05) is 6.92 Å². The van der Waals surface area contributed by atoms with Crippen LogP contribution in [0, 0.1) is 0 Å². The first-order valence-electron chi connectivity index (χ1n) is 6.50. The first-order valence-corrected chi connectivity index (χ1v) is 7.98. The van der Waals surface area contributed by atoms with Crippen molar-refractivity contribution in [3.63, 3.8) is 0 Å². The van der Waals surface area contributed by atoms with Crippen molar-refractivity contribution in [1.82, 2.24) is 15.0 Å². The number of amides is 1. The first kappa shape index (κ1) is 14.7. The standard InChI is InChI=1S/C12H18N4O3S/c1-2-13-11-7-10(5-6-14-11)20(18,19)15-8-12(17)16-9-3-4-9/h5-7,9,15H,2-4,8H2,1H3,(H,13,14)(H,16,17). The van der Waals surface area contributed by atoms with Crippen molar-refractivity contribution in [2.75, 3.05) is 18.4 Å². The molecule has 0 aliphatic heterocycles. The van der Waals surface area contributed by atoms with Gasteiger partial charge in [0.2, 0.25) is 15.9 Å². The SMILES string of the molecule is CCNc1cc(S(=O)(=O)NCC(=O)NC2CC2)ccn1. The molecule has 1 aromatic heterocycles. The molecular formula is C12H18N4O3S. The second-order valence-corrected chi connectivity index (χ2v) is 6.34. The Balaban J connectivity index is 1.97. The number of carbonyl (C=O) groups is 1. The Morgan fingerprint density at radius 3 is 2.85 bits per heavy atom. The summed E-state index contributed by atoms with van der Waals surface area (Å²) in [5.41, 5.74) is 0. The summed E-state index contributed by atoms with van der Waals surface area (Å²) in [6, 6.07) is 3.04. The highest BCUT2D eigenvalue weighted by molar-refractivity contribution is 7.89. The van der Waals surface area contributed by atoms with Gasteiger partial charge in [0.1, 0.15) is 5.82 Å². The lowest BCUT2D eigenvalue weighted by atomic mass is 10.4. The maximum absolute atomic E-state index is 12.0. The molecule has 0 spiro atoms. The van der Waals surface area contributed by atoms with Crippen molar-refractivity contribution in [2.24, 2.45) is 0 Å². The molecule has 8 heteroatoms. The van der Waals surface area contributed by atoms with Gasteiger partial charge in [-0.1, -0.05) is 0 Å². The van der Waals surface area contributed by atoms with Gasteiger partial charge in [0.25, 0.3) is 0 Å². The monoisotopic (exact) mass is 298 g/mol. The minimum absolute atomic E-state index is 0.0858. The Morgan fingerprint density at radius 1 is 1.45 bits per heavy atom. The van der Waals surface area contributed by atoms with E-state index in [0.717, 1.165) is 12.8 Å². The molecule has 1 amide bonds. The van der Waals surface area contributed by atoms with Crippen LogP contribution in [0.2, 0.25) is 0 Å². The average Bonchev–Trinajstić information content (AvgIpc) is 3.21. The predicted molar refractivity (Wildman–Crippen MR) is 74.8 cm³/mol. The number of carbonyl (C=O) groups excluding carboxylic acids is 1. The van der Waals surface area contributed by atoms with Crippen molar-refractivity contribution in [3.8, 4) is 0 Å². The van der Waals surface area contributed by atoms with Crippen molar-refractivity contribution in [1.29, 1.82) is 0 Å². The van der Waals surface area contributed by atoms with E-state index in [2.05, 4.69) is 20.3 Å². The fourth-order valence-electron chi connectivity index (χ4n) is 1.61. The number of hydrogen-bond donors (Lipinski definition) is 3. The summed E-state index contributed by atoms with van der Waals surface area (Å²) in [6.07, 6.45) is 3.35. The molecule has 1 aliphatic carbocycles. The Morgan fingerprint density at radius 2 is 2.20 bits per heavy atom. The highest BCUT2D eigenvalue weighted by Gasteiger charge is 2.24. The summed E-state index contributed by atoms with van der Waals surface area (Å²) in [5, 5.41) is 5.66. The van der Waals surface area contributed by atoms with Gasteiger partial charge in [-0.3, -0.25) is 4.79 Å². The Labute approximate surface area is 118 Å². The Kier molecular flexibility index (Phi) is 4.56. The van der Waals surface area contributed by atoms with Crippen molar-refractivity contribution in [2.45, 2.75) is 30.7 Å². The maximum Gasteiger partial charge on any atom is 0.241 e. The molecule has 1 saturated carbocycles. The second-order valence-electron chi connectivity index (χ2n) is 4.57. The van der Waals surface area contributed by atoms with Crippen LogP contribution in [0.4, 0.5) is 5.82 Å². The number of sulfonamides is 1. The average molecular weight is 298 g/mol. The van der Waals surface area contributed by atoms with Gasteiger partial charge in [-0.2, -0.15) is 0 Å². The molecule has 1 aromatic rings. The summed E-state index contributed by atoms with van der Waals surface area (Å²) in [6.45, 7) is 2.29. The number of hydrogen-bond acceptors (Lipinski definition) is 5. The van der Waals surface area contributed by atoms with E-state index >= 15 is 0 Å². The highest BCUT2D eigenvalue weighted by atomic mass is 32.2. The van der Waals surface area contributed by atoms with Gasteiger partial charge >= 0.3 is 0 Å². The largest absolute Gasteiger partial charge is 0.370 e. The van der Waals surface area contributed by atoms with Crippen molar-refractivity contribution in [3.05, 3.63) is 18.3 Å². The molecule has 7 nitrogen and oxygen atoms in total. The molecule has 1 aliphatic rings. The van der Waals surface area contributed by atoms with E-state index in [1.165, 1.54) is 18.3 Å². The van der Waals surface area contributed by atoms with E-state index in [9.17, 15) is 13.2 Å². The molecule has 2 rings (SSSR count). The third-order valence-corrected chi connectivity index (χ3v) is 4.16. The number of rotatable bonds is 7. The zero-order valence-corrected chi connectivity index (χ0v) is 12.0. The van der Waals surface area contributed by atoms with Gasteiger partial charge in [-0.15, -0.1) is 0 Å². The van der Waals surface area contributed by atoms with Crippen molar-refractivity contribution >= 4 is 21.7 Å². The molecule has 0 bridgehead atoms. The zero-order valence-electron chi connectivity index (χ0n) is 11.2. The summed E-state index contributed by atoms with van der Waals surface area (Å²) >= 11 is 0. The van der Waals surface area contributed by atoms with Crippen LogP contribution in [-0.2, 0) is 14.8 Å². The van der Waals surface area contributed by atoms with E-state index < -0.39 is 10.0 Å². The zero-order chi connectivity index (χ0) is 14.6. The van der Waals surface area contributed by atoms with Crippen LogP contribution in [0.25, 0.3) is 0 Å². The molecule has 0 atom stereocenters. The molecular weight excluding hydrogens is 280 g/mol. The van der Waals surface area contributed by atoms with Gasteiger partial charge < -0.3 is 10.6 Å². The van der Waals surface area contributed by atoms with E-state index in [-0.39, 0.29) is 23.4 Å². The lowest BCUT2D eigenvalue weighted by Crippen LogP contribution is -2.37. The number of nitrogens with zero attached hydrogens (tertiary/aromatic N) is 1. The fraction of sp³-hybridized carbons (Fsp3) is 0.500. The van der Waals surface area contributed by atoms with Crippen molar-refractivity contribution < 1.29 is 13.2 Å². The molecule has 20 heavy (non-hydrogen) atoms. The Hall–Kier alpha value is -1.67. The van der Waals surface area contributed by atoms with E-state index in [1.54, 1.807) is 0 Å². The topological polar surface area (TPSA) is 100 Å². The third kappa shape index (κ3) is 4.17. The summed E-state index contributed by atoms with van der Waals surface area (Å²) in [5.74, 6) is 0.176. The van der Waals surface area contributed by atoms with Crippen LogP contribution >= 0.6 is 0 Å². The van der Waals surface area contributed by atoms with Crippen LogP contribution < -0.4 is 15.4 Å². The van der Waals surface area contributed by atoms with E-state index in [0.29, 0.717) is 12.4 Å². The van der Waals surface area contributed by atoms with Gasteiger partial charge in [0, 0.05) is 24.8 Å². The molecule has 0 aromatic carbocycles. The molecule has 110 valence electrons. The van der Waals surface area contributed by atoms with Crippen LogP contribution in [0.15, 0.2) is 23.2 Å². The third-order valence-electron chi connectivity index (χ3n) is 2.76. The maximum atomic E-state index is 12.0. The lowest BCUT2D eigenvalue weighted by molar-refractivity contribution is -0.120. The molecule has 0 saturated heterocycles. The van der Waals surface area contributed by atoms with Gasteiger partial charge in [0.15, 0.2) is 0 Å². The van der Waals surface area contributed by atoms with Crippen LogP contribution in [-0.4, -0.2) is 38.4 Å². The fourth-order valence-corrected chi connectivity index (χ4v) is 2.60. The molecule has 0 radical (unpaired) electrons. The normalized spacial score (nSPS) is 14.8. The number of nitrogens with one attached hydrogen (secondary N) is 3. The van der Waals surface area contributed by atoms with Gasteiger partial charge in [-0.05, 0) is 25.8 Å². The molecule has 1 fully saturated rings. The van der Waals surface area contributed by atoms with Crippen LogP contribution in [0.3, 0.4) is 0 Å². The van der Waals surface area contributed by atoms with Gasteiger partial charge in [-0.25, -0.2) is 18.1 Å².